The highest BCUT2D eigenvalue weighted by Crippen LogP contribution is 2.39. The van der Waals surface area contributed by atoms with E-state index in [2.05, 4.69) is 42.3 Å². The smallest absolute Gasteiger partial charge is 0.247 e. The maximum Gasteiger partial charge on any atom is 0.247 e. The number of pyridine rings is 1. The third-order valence-electron chi connectivity index (χ3n) is 9.61. The first kappa shape index (κ1) is 32.8. The zero-order valence-corrected chi connectivity index (χ0v) is 27.3. The topological polar surface area (TPSA) is 147 Å². The van der Waals surface area contributed by atoms with Gasteiger partial charge in [0.25, 0.3) is 0 Å². The molecule has 1 atom stereocenters. The normalized spacial score (nSPS) is 21.4. The summed E-state index contributed by atoms with van der Waals surface area (Å²) in [5.74, 6) is 6.65. The number of piperazine rings is 1. The number of nitrogens with zero attached hydrogens (tertiary/aromatic N) is 5. The van der Waals surface area contributed by atoms with Crippen molar-refractivity contribution in [2.45, 2.75) is 56.7 Å². The van der Waals surface area contributed by atoms with Gasteiger partial charge in [-0.05, 0) is 56.4 Å². The predicted octanol–water partition coefficient (Wildman–Crippen LogP) is 2.91. The lowest BCUT2D eigenvalue weighted by Crippen LogP contribution is -2.53. The minimum atomic E-state index is -0.305. The number of methoxy groups -OCH3 is 1. The summed E-state index contributed by atoms with van der Waals surface area (Å²) < 4.78 is 5.79. The van der Waals surface area contributed by atoms with Gasteiger partial charge in [0.05, 0.1) is 36.8 Å². The van der Waals surface area contributed by atoms with Crippen molar-refractivity contribution in [3.8, 4) is 5.75 Å². The molecule has 1 aliphatic carbocycles. The van der Waals surface area contributed by atoms with Gasteiger partial charge in [0.2, 0.25) is 5.91 Å². The third-order valence-corrected chi connectivity index (χ3v) is 9.61. The van der Waals surface area contributed by atoms with Crippen LogP contribution in [0.4, 0.5) is 17.1 Å². The van der Waals surface area contributed by atoms with Crippen LogP contribution >= 0.6 is 0 Å². The molecule has 13 heteroatoms. The summed E-state index contributed by atoms with van der Waals surface area (Å²) in [5.41, 5.74) is 5.68. The van der Waals surface area contributed by atoms with Gasteiger partial charge in [0.1, 0.15) is 17.4 Å². The molecular formula is C34H48N10O3. The average Bonchev–Trinajstić information content (AvgIpc) is 3.86. The molecular weight excluding hydrogens is 596 g/mol. The number of hydrogen-bond donors (Lipinski definition) is 5. The summed E-state index contributed by atoms with van der Waals surface area (Å²) in [5, 5.41) is 16.6. The maximum atomic E-state index is 12.5. The Balaban J connectivity index is 1.14. The Morgan fingerprint density at radius 1 is 1.04 bits per heavy atom. The lowest BCUT2D eigenvalue weighted by atomic mass is 10.0. The van der Waals surface area contributed by atoms with Crippen LogP contribution in [0.25, 0.3) is 0 Å². The minimum Gasteiger partial charge on any atom is -0.494 e. The van der Waals surface area contributed by atoms with Crippen molar-refractivity contribution in [1.29, 1.82) is 5.41 Å². The number of aromatic nitrogens is 1. The number of ether oxygens (including phenoxy) is 1. The fraction of sp³-hybridized carbons (Fsp3) is 0.500. The SMILES string of the molecule is C=CC(=O)Nc1cc(NC(=N)/C=C(\NN)N2OCC[C@@H]2Cc2ccccn2)c(OC)cc1N1CCC(N2CCN(C3CC3)CC2)CC1. The second-order valence-electron chi connectivity index (χ2n) is 12.6. The average molecular weight is 645 g/mol. The second-order valence-corrected chi connectivity index (χ2v) is 12.6. The molecule has 0 unspecified atom stereocenters. The number of amidine groups is 1. The highest BCUT2D eigenvalue weighted by molar-refractivity contribution is 6.05. The van der Waals surface area contributed by atoms with E-state index in [1.165, 1.54) is 32.0 Å². The van der Waals surface area contributed by atoms with Gasteiger partial charge in [-0.15, -0.1) is 0 Å². The number of carbonyl (C=O) groups excluding carboxylic acids is 1. The summed E-state index contributed by atoms with van der Waals surface area (Å²) in [7, 11) is 1.60. The van der Waals surface area contributed by atoms with Gasteiger partial charge in [-0.1, -0.05) is 12.6 Å². The van der Waals surface area contributed by atoms with Gasteiger partial charge < -0.3 is 25.7 Å². The van der Waals surface area contributed by atoms with E-state index in [0.717, 1.165) is 62.9 Å². The Kier molecular flexibility index (Phi) is 10.6. The molecule has 6 N–H and O–H groups in total. The Morgan fingerprint density at radius 2 is 1.77 bits per heavy atom. The maximum absolute atomic E-state index is 12.5. The number of hydrogen-bond acceptors (Lipinski definition) is 11. The lowest BCUT2D eigenvalue weighted by molar-refractivity contribution is -0.111. The van der Waals surface area contributed by atoms with E-state index < -0.39 is 0 Å². The van der Waals surface area contributed by atoms with E-state index in [-0.39, 0.29) is 17.8 Å². The van der Waals surface area contributed by atoms with Gasteiger partial charge in [-0.2, -0.15) is 0 Å². The Bertz CT molecular complexity index is 1430. The predicted molar refractivity (Wildman–Crippen MR) is 184 cm³/mol. The van der Waals surface area contributed by atoms with Crippen LogP contribution in [-0.4, -0.2) is 103 Å². The van der Waals surface area contributed by atoms with E-state index in [1.807, 2.05) is 30.3 Å². The number of hydroxylamine groups is 2. The lowest BCUT2D eigenvalue weighted by Gasteiger charge is -2.43. The first-order chi connectivity index (χ1) is 22.9. The quantitative estimate of drug-likeness (QED) is 0.0764. The van der Waals surface area contributed by atoms with Crippen LogP contribution < -0.4 is 31.5 Å². The molecule has 6 rings (SSSR count). The first-order valence-corrected chi connectivity index (χ1v) is 16.7. The standard InChI is InChI=1S/C34H48N10O3/c1-3-34(45)39-28-21-29(38-32(35)23-33(40-36)44-27(11-19-47-44)20-24-6-4-5-12-37-24)31(46-2)22-30(28)43-13-9-26(10-14-43)42-17-15-41(16-18-42)25-7-8-25/h3-6,12,21-23,25-27,40H,1,7-11,13-20,36H2,2H3,(H2,35,38)(H,39,45)/b33-23+/t27-/m1/s1. The number of nitrogens with two attached hydrogens (primary N) is 1. The van der Waals surface area contributed by atoms with Crippen LogP contribution in [0.15, 0.2) is 61.1 Å². The van der Waals surface area contributed by atoms with Gasteiger partial charge in [-0.3, -0.25) is 29.8 Å². The van der Waals surface area contributed by atoms with Crippen LogP contribution in [0.3, 0.4) is 0 Å². The molecule has 4 heterocycles. The second kappa shape index (κ2) is 15.2. The van der Waals surface area contributed by atoms with Crippen molar-refractivity contribution < 1.29 is 14.4 Å². The van der Waals surface area contributed by atoms with Crippen molar-refractivity contribution in [3.05, 3.63) is 66.8 Å². The molecule has 1 amide bonds. The Morgan fingerprint density at radius 3 is 2.38 bits per heavy atom. The number of benzene rings is 1. The Labute approximate surface area is 277 Å². The molecule has 1 aromatic heterocycles. The van der Waals surface area contributed by atoms with Gasteiger partial charge in [0, 0.05) is 81.8 Å². The van der Waals surface area contributed by atoms with E-state index in [4.69, 9.17) is 20.8 Å². The van der Waals surface area contributed by atoms with Crippen molar-refractivity contribution in [2.75, 3.05) is 68.5 Å². The number of piperidine rings is 1. The molecule has 2 aromatic rings. The minimum absolute atomic E-state index is 0.00558. The summed E-state index contributed by atoms with van der Waals surface area (Å²) in [6.45, 7) is 10.6. The molecule has 1 aromatic carbocycles. The molecule has 0 radical (unpaired) electrons. The number of hydrazine groups is 1. The number of carbonyl (C=O) groups is 1. The number of nitrogens with one attached hydrogen (secondary N) is 4. The molecule has 4 aliphatic rings. The molecule has 47 heavy (non-hydrogen) atoms. The van der Waals surface area contributed by atoms with Crippen molar-refractivity contribution in [3.63, 3.8) is 0 Å². The van der Waals surface area contributed by atoms with Gasteiger partial charge in [0.15, 0.2) is 0 Å². The molecule has 13 nitrogen and oxygen atoms in total. The van der Waals surface area contributed by atoms with E-state index >= 15 is 0 Å². The van der Waals surface area contributed by atoms with Gasteiger partial charge >= 0.3 is 0 Å². The fourth-order valence-electron chi connectivity index (χ4n) is 6.97. The van der Waals surface area contributed by atoms with Crippen molar-refractivity contribution >= 4 is 28.8 Å². The summed E-state index contributed by atoms with van der Waals surface area (Å²) >= 11 is 0. The number of rotatable bonds is 12. The van der Waals surface area contributed by atoms with E-state index in [1.54, 1.807) is 24.4 Å². The summed E-state index contributed by atoms with van der Waals surface area (Å²) in [6.07, 6.45) is 10.9. The van der Waals surface area contributed by atoms with Crippen LogP contribution in [0, 0.1) is 5.41 Å². The van der Waals surface area contributed by atoms with E-state index in [9.17, 15) is 4.79 Å². The zero-order valence-electron chi connectivity index (χ0n) is 27.3. The Hall–Kier alpha value is -4.17. The first-order valence-electron chi connectivity index (χ1n) is 16.7. The van der Waals surface area contributed by atoms with Crippen LogP contribution in [0.1, 0.15) is 37.8 Å². The highest BCUT2D eigenvalue weighted by Gasteiger charge is 2.34. The van der Waals surface area contributed by atoms with Gasteiger partial charge in [-0.25, -0.2) is 10.9 Å². The van der Waals surface area contributed by atoms with Crippen molar-refractivity contribution in [2.24, 2.45) is 5.84 Å². The largest absolute Gasteiger partial charge is 0.494 e. The monoisotopic (exact) mass is 644 g/mol. The molecule has 0 spiro atoms. The van der Waals surface area contributed by atoms with Crippen LogP contribution in [-0.2, 0) is 16.1 Å². The number of anilines is 3. The van der Waals surface area contributed by atoms with Crippen LogP contribution in [0.5, 0.6) is 5.75 Å². The molecule has 3 aliphatic heterocycles. The van der Waals surface area contributed by atoms with Crippen molar-refractivity contribution in [1.82, 2.24) is 25.3 Å². The van der Waals surface area contributed by atoms with Crippen LogP contribution in [0.2, 0.25) is 0 Å². The molecule has 0 bridgehead atoms. The molecule has 3 saturated heterocycles. The molecule has 252 valence electrons. The summed E-state index contributed by atoms with van der Waals surface area (Å²) in [4.78, 5) is 30.5. The fourth-order valence-corrected chi connectivity index (χ4v) is 6.97. The third kappa shape index (κ3) is 8.04. The zero-order chi connectivity index (χ0) is 32.8. The highest BCUT2D eigenvalue weighted by atomic mass is 16.7. The number of amides is 1. The summed E-state index contributed by atoms with van der Waals surface area (Å²) in [6, 6.07) is 11.0. The molecule has 1 saturated carbocycles. The molecule has 4 fully saturated rings. The van der Waals surface area contributed by atoms with E-state index in [0.29, 0.717) is 42.0 Å².